The van der Waals surface area contributed by atoms with Crippen LogP contribution in [0.3, 0.4) is 0 Å². The smallest absolute Gasteiger partial charge is 0.0487 e. The van der Waals surface area contributed by atoms with Crippen LogP contribution in [-0.2, 0) is 0 Å². The number of allylic oxidation sites excluding steroid dienone is 1. The lowest BCUT2D eigenvalue weighted by Gasteiger charge is -2.39. The Balaban J connectivity index is 4.97. The number of nitrogens with two attached hydrogens (primary N) is 1. The van der Waals surface area contributed by atoms with Crippen molar-refractivity contribution >= 4 is 0 Å². The van der Waals surface area contributed by atoms with E-state index in [0.29, 0.717) is 23.7 Å². The lowest BCUT2D eigenvalue weighted by molar-refractivity contribution is 0.0423. The molecule has 0 aromatic heterocycles. The van der Waals surface area contributed by atoms with E-state index in [1.165, 1.54) is 18.4 Å². The van der Waals surface area contributed by atoms with E-state index in [9.17, 15) is 5.11 Å². The summed E-state index contributed by atoms with van der Waals surface area (Å²) in [6.07, 6.45) is 13.4. The van der Waals surface area contributed by atoms with Crippen molar-refractivity contribution in [3.63, 3.8) is 0 Å². The molecule has 5 unspecified atom stereocenters. The SMILES string of the molecule is C=CCCN(C)CCCC(C)C(C)[C@](C)(CO)CCC(C)C(=CCCC)C(N)C(C)CC. The van der Waals surface area contributed by atoms with Gasteiger partial charge in [-0.15, -0.1) is 6.58 Å². The van der Waals surface area contributed by atoms with Crippen molar-refractivity contribution in [3.05, 3.63) is 24.3 Å². The number of nitrogens with zero attached hydrogens (tertiary/aromatic N) is 1. The number of aliphatic hydroxyl groups excluding tert-OH is 1. The Morgan fingerprint density at radius 3 is 2.25 bits per heavy atom. The van der Waals surface area contributed by atoms with Gasteiger partial charge in [-0.2, -0.15) is 0 Å². The summed E-state index contributed by atoms with van der Waals surface area (Å²) in [5.74, 6) is 2.07. The van der Waals surface area contributed by atoms with Crippen molar-refractivity contribution in [1.82, 2.24) is 4.90 Å². The van der Waals surface area contributed by atoms with Gasteiger partial charge in [0.1, 0.15) is 0 Å². The molecule has 0 aliphatic heterocycles. The van der Waals surface area contributed by atoms with Crippen LogP contribution in [0.2, 0.25) is 0 Å². The number of hydrogen-bond acceptors (Lipinski definition) is 3. The van der Waals surface area contributed by atoms with Crippen molar-refractivity contribution in [2.45, 2.75) is 106 Å². The van der Waals surface area contributed by atoms with Gasteiger partial charge < -0.3 is 15.7 Å². The van der Waals surface area contributed by atoms with Gasteiger partial charge in [-0.05, 0) is 81.2 Å². The van der Waals surface area contributed by atoms with Gasteiger partial charge in [-0.1, -0.05) is 79.0 Å². The van der Waals surface area contributed by atoms with Crippen molar-refractivity contribution in [2.75, 3.05) is 26.7 Å². The van der Waals surface area contributed by atoms with Gasteiger partial charge in [0.25, 0.3) is 0 Å². The molecule has 0 spiro atoms. The van der Waals surface area contributed by atoms with Gasteiger partial charge in [0.05, 0.1) is 0 Å². The Morgan fingerprint density at radius 2 is 1.72 bits per heavy atom. The second-order valence-electron chi connectivity index (χ2n) is 10.9. The highest BCUT2D eigenvalue weighted by atomic mass is 16.3. The molecule has 0 saturated carbocycles. The molecule has 0 bridgehead atoms. The van der Waals surface area contributed by atoms with E-state index in [1.807, 2.05) is 6.08 Å². The molecule has 190 valence electrons. The molecular formula is C29H58N2O. The fraction of sp³-hybridized carbons (Fsp3) is 0.862. The number of hydrogen-bond donors (Lipinski definition) is 2. The molecule has 0 aliphatic carbocycles. The van der Waals surface area contributed by atoms with Crippen molar-refractivity contribution in [2.24, 2.45) is 34.8 Å². The normalized spacial score (nSPS) is 19.3. The zero-order valence-electron chi connectivity index (χ0n) is 23.0. The quantitative estimate of drug-likeness (QED) is 0.207. The van der Waals surface area contributed by atoms with Crippen molar-refractivity contribution in [1.29, 1.82) is 0 Å². The summed E-state index contributed by atoms with van der Waals surface area (Å²) in [6.45, 7) is 22.4. The van der Waals surface area contributed by atoms with Gasteiger partial charge in [0, 0.05) is 19.2 Å². The number of rotatable bonds is 19. The predicted octanol–water partition coefficient (Wildman–Crippen LogP) is 7.06. The first kappa shape index (κ1) is 31.4. The molecule has 0 heterocycles. The second kappa shape index (κ2) is 16.9. The van der Waals surface area contributed by atoms with Crippen LogP contribution in [0, 0.1) is 29.1 Å². The molecule has 0 aliphatic rings. The fourth-order valence-corrected chi connectivity index (χ4v) is 4.77. The highest BCUT2D eigenvalue weighted by molar-refractivity contribution is 5.14. The molecule has 0 rings (SSSR count). The summed E-state index contributed by atoms with van der Waals surface area (Å²) in [5.41, 5.74) is 8.07. The molecule has 3 N–H and O–H groups in total. The largest absolute Gasteiger partial charge is 0.396 e. The van der Waals surface area contributed by atoms with Crippen LogP contribution in [0.1, 0.15) is 99.8 Å². The van der Waals surface area contributed by atoms with E-state index in [1.54, 1.807) is 0 Å². The first-order valence-electron chi connectivity index (χ1n) is 13.4. The molecule has 6 atom stereocenters. The average molecular weight is 451 g/mol. The molecule has 32 heavy (non-hydrogen) atoms. The molecule has 0 aromatic carbocycles. The lowest BCUT2D eigenvalue weighted by Crippen LogP contribution is -2.36. The Hall–Kier alpha value is -0.640. The Morgan fingerprint density at radius 1 is 1.06 bits per heavy atom. The lowest BCUT2D eigenvalue weighted by atomic mass is 9.67. The summed E-state index contributed by atoms with van der Waals surface area (Å²) < 4.78 is 0. The van der Waals surface area contributed by atoms with Crippen LogP contribution in [0.25, 0.3) is 0 Å². The molecule has 0 amide bonds. The van der Waals surface area contributed by atoms with Gasteiger partial charge in [0.15, 0.2) is 0 Å². The first-order valence-corrected chi connectivity index (χ1v) is 13.4. The molecule has 0 fully saturated rings. The molecule has 0 aromatic rings. The molecular weight excluding hydrogens is 392 g/mol. The van der Waals surface area contributed by atoms with E-state index in [0.717, 1.165) is 51.6 Å². The zero-order chi connectivity index (χ0) is 24.7. The van der Waals surface area contributed by atoms with Crippen molar-refractivity contribution in [3.8, 4) is 0 Å². The van der Waals surface area contributed by atoms with Crippen molar-refractivity contribution < 1.29 is 5.11 Å². The first-order chi connectivity index (χ1) is 15.1. The summed E-state index contributed by atoms with van der Waals surface area (Å²) in [5, 5.41) is 10.4. The minimum absolute atomic E-state index is 0.0429. The topological polar surface area (TPSA) is 49.5 Å². The van der Waals surface area contributed by atoms with E-state index in [-0.39, 0.29) is 18.1 Å². The Kier molecular flexibility index (Phi) is 16.6. The molecule has 0 radical (unpaired) electrons. The summed E-state index contributed by atoms with van der Waals surface area (Å²) in [4.78, 5) is 2.40. The maximum Gasteiger partial charge on any atom is 0.0487 e. The fourth-order valence-electron chi connectivity index (χ4n) is 4.77. The third kappa shape index (κ3) is 11.0. The van der Waals surface area contributed by atoms with E-state index in [4.69, 9.17) is 5.73 Å². The van der Waals surface area contributed by atoms with E-state index in [2.05, 4.69) is 73.1 Å². The second-order valence-corrected chi connectivity index (χ2v) is 10.9. The number of aliphatic hydroxyl groups is 1. The van der Waals surface area contributed by atoms with Gasteiger partial charge in [-0.25, -0.2) is 0 Å². The summed E-state index contributed by atoms with van der Waals surface area (Å²) in [7, 11) is 2.20. The molecule has 3 nitrogen and oxygen atoms in total. The minimum atomic E-state index is -0.0429. The van der Waals surface area contributed by atoms with Crippen LogP contribution in [0.5, 0.6) is 0 Å². The maximum atomic E-state index is 10.4. The minimum Gasteiger partial charge on any atom is -0.396 e. The Labute approximate surface area is 201 Å². The van der Waals surface area contributed by atoms with E-state index >= 15 is 0 Å². The number of unbranched alkanes of at least 4 members (excludes halogenated alkanes) is 1. The predicted molar refractivity (Wildman–Crippen MR) is 144 cm³/mol. The highest BCUT2D eigenvalue weighted by Crippen LogP contribution is 2.40. The third-order valence-corrected chi connectivity index (χ3v) is 8.26. The maximum absolute atomic E-state index is 10.4. The monoisotopic (exact) mass is 450 g/mol. The van der Waals surface area contributed by atoms with Crippen LogP contribution in [-0.4, -0.2) is 42.8 Å². The zero-order valence-corrected chi connectivity index (χ0v) is 23.0. The third-order valence-electron chi connectivity index (χ3n) is 8.26. The Bertz CT molecular complexity index is 517. The van der Waals surface area contributed by atoms with Crippen LogP contribution < -0.4 is 5.73 Å². The molecule has 0 saturated heterocycles. The van der Waals surface area contributed by atoms with Gasteiger partial charge >= 0.3 is 0 Å². The van der Waals surface area contributed by atoms with Crippen LogP contribution in [0.15, 0.2) is 24.3 Å². The average Bonchev–Trinajstić information content (AvgIpc) is 2.79. The summed E-state index contributed by atoms with van der Waals surface area (Å²) in [6, 6.07) is 0.149. The van der Waals surface area contributed by atoms with Crippen LogP contribution in [0.4, 0.5) is 0 Å². The van der Waals surface area contributed by atoms with Gasteiger partial charge in [0.2, 0.25) is 0 Å². The standard InChI is InChI=1S/C29H58N2O/c1-10-13-17-27(28(30)23(4)12-3)25(6)18-19-29(8,22-32)26(7)24(5)16-15-21-31(9)20-14-11-2/h11,17,23-26,28,32H,2,10,12-16,18-22,30H2,1,3-9H3/t23?,24?,25?,26?,28?,29-/m0/s1. The molecule has 3 heteroatoms. The highest BCUT2D eigenvalue weighted by Gasteiger charge is 2.34. The van der Waals surface area contributed by atoms with E-state index < -0.39 is 0 Å². The van der Waals surface area contributed by atoms with Gasteiger partial charge in [-0.3, -0.25) is 0 Å². The summed E-state index contributed by atoms with van der Waals surface area (Å²) >= 11 is 0. The van der Waals surface area contributed by atoms with Crippen LogP contribution >= 0.6 is 0 Å².